The van der Waals surface area contributed by atoms with Crippen LogP contribution >= 0.6 is 11.3 Å². The molecular formula is C22H18N6O3S. The van der Waals surface area contributed by atoms with Gasteiger partial charge in [-0.25, -0.2) is 14.8 Å². The molecule has 3 amide bonds. The van der Waals surface area contributed by atoms with Crippen molar-refractivity contribution < 1.29 is 14.3 Å². The fourth-order valence-corrected chi connectivity index (χ4v) is 4.68. The number of hydrogen-bond acceptors (Lipinski definition) is 7. The molecule has 1 aliphatic rings. The summed E-state index contributed by atoms with van der Waals surface area (Å²) in [6.45, 7) is 3.66. The zero-order valence-corrected chi connectivity index (χ0v) is 18.3. The van der Waals surface area contributed by atoms with Gasteiger partial charge < -0.3 is 15.4 Å². The van der Waals surface area contributed by atoms with Gasteiger partial charge in [0.2, 0.25) is 5.88 Å². The number of nitrogens with zero attached hydrogens (tertiary/aromatic N) is 4. The summed E-state index contributed by atoms with van der Waals surface area (Å²) in [4.78, 5) is 41.2. The number of hydrogen-bond donors (Lipinski definition) is 2. The first-order valence-electron chi connectivity index (χ1n) is 9.79. The molecule has 5 rings (SSSR count). The average Bonchev–Trinajstić information content (AvgIpc) is 3.15. The lowest BCUT2D eigenvalue weighted by molar-refractivity contribution is 0.0968. The highest BCUT2D eigenvalue weighted by atomic mass is 32.1. The van der Waals surface area contributed by atoms with Crippen LogP contribution in [0.15, 0.2) is 42.7 Å². The highest BCUT2D eigenvalue weighted by Crippen LogP contribution is 2.46. The van der Waals surface area contributed by atoms with Crippen molar-refractivity contribution in [1.29, 1.82) is 0 Å². The van der Waals surface area contributed by atoms with Crippen LogP contribution in [0.25, 0.3) is 10.2 Å². The number of aryl methyl sites for hydroxylation is 2. The van der Waals surface area contributed by atoms with Crippen LogP contribution in [0.4, 0.5) is 21.9 Å². The molecule has 9 nitrogen and oxygen atoms in total. The van der Waals surface area contributed by atoms with E-state index in [4.69, 9.17) is 4.74 Å². The Morgan fingerprint density at radius 1 is 1.09 bits per heavy atom. The van der Waals surface area contributed by atoms with Crippen LogP contribution in [0.1, 0.15) is 21.1 Å². The molecule has 10 heteroatoms. The van der Waals surface area contributed by atoms with Crippen molar-refractivity contribution in [3.8, 4) is 11.6 Å². The maximum atomic E-state index is 13.1. The van der Waals surface area contributed by atoms with E-state index < -0.39 is 0 Å². The molecule has 0 aliphatic carbocycles. The minimum absolute atomic E-state index is 0.271. The highest BCUT2D eigenvalue weighted by molar-refractivity contribution is 7.21. The fourth-order valence-electron chi connectivity index (χ4n) is 3.61. The number of pyridine rings is 3. The number of aromatic nitrogens is 3. The second kappa shape index (κ2) is 7.57. The number of nitrogens with one attached hydrogen (secondary N) is 2. The molecular weight excluding hydrogens is 428 g/mol. The average molecular weight is 446 g/mol. The van der Waals surface area contributed by atoms with Crippen molar-refractivity contribution in [3.63, 3.8) is 0 Å². The molecule has 160 valence electrons. The topological polar surface area (TPSA) is 109 Å². The Bertz CT molecular complexity index is 1400. The molecule has 4 aromatic heterocycles. The Morgan fingerprint density at radius 2 is 1.94 bits per heavy atom. The van der Waals surface area contributed by atoms with Crippen LogP contribution in [-0.2, 0) is 0 Å². The number of urea groups is 1. The molecule has 0 saturated heterocycles. The van der Waals surface area contributed by atoms with Crippen molar-refractivity contribution in [2.24, 2.45) is 0 Å². The largest absolute Gasteiger partial charge is 0.437 e. The Balaban J connectivity index is 1.57. The second-order valence-electron chi connectivity index (χ2n) is 7.10. The number of thiophene rings is 1. The van der Waals surface area contributed by atoms with E-state index in [-0.39, 0.29) is 11.9 Å². The number of carbonyl (C=O) groups excluding carboxylic acids is 2. The lowest BCUT2D eigenvalue weighted by atomic mass is 10.1. The van der Waals surface area contributed by atoms with Crippen LogP contribution in [0.3, 0.4) is 0 Å². The molecule has 0 atom stereocenters. The lowest BCUT2D eigenvalue weighted by Crippen LogP contribution is -2.35. The normalized spacial score (nSPS) is 12.6. The summed E-state index contributed by atoms with van der Waals surface area (Å²) in [5, 5.41) is 6.19. The SMILES string of the molecule is CNC(=O)c1sc2nccc3c2c1NC(=O)N3c1ccc(Oc2cccnc2C)nc1C. The maximum Gasteiger partial charge on any atom is 0.331 e. The van der Waals surface area contributed by atoms with E-state index in [0.29, 0.717) is 44.1 Å². The summed E-state index contributed by atoms with van der Waals surface area (Å²) < 4.78 is 5.87. The van der Waals surface area contributed by atoms with Gasteiger partial charge in [0.25, 0.3) is 5.91 Å². The van der Waals surface area contributed by atoms with Crippen molar-refractivity contribution in [1.82, 2.24) is 20.3 Å². The van der Waals surface area contributed by atoms with Gasteiger partial charge >= 0.3 is 6.03 Å². The molecule has 2 N–H and O–H groups in total. The molecule has 4 aromatic rings. The third kappa shape index (κ3) is 3.12. The summed E-state index contributed by atoms with van der Waals surface area (Å²) in [6, 6.07) is 8.48. The summed E-state index contributed by atoms with van der Waals surface area (Å²) in [5.74, 6) is 0.744. The van der Waals surface area contributed by atoms with Crippen LogP contribution in [-0.4, -0.2) is 33.9 Å². The molecule has 0 aromatic carbocycles. The molecule has 0 radical (unpaired) electrons. The first-order valence-corrected chi connectivity index (χ1v) is 10.6. The first-order chi connectivity index (χ1) is 15.5. The van der Waals surface area contributed by atoms with E-state index in [1.54, 1.807) is 48.6 Å². The third-order valence-electron chi connectivity index (χ3n) is 5.13. The van der Waals surface area contributed by atoms with E-state index in [1.165, 1.54) is 11.3 Å². The minimum Gasteiger partial charge on any atom is -0.437 e. The monoisotopic (exact) mass is 446 g/mol. The van der Waals surface area contributed by atoms with Gasteiger partial charge in [-0.3, -0.25) is 14.7 Å². The maximum absolute atomic E-state index is 13.1. The molecule has 0 saturated carbocycles. The van der Waals surface area contributed by atoms with E-state index in [0.717, 1.165) is 11.1 Å². The Hall–Kier alpha value is -4.05. The van der Waals surface area contributed by atoms with Gasteiger partial charge in [-0.05, 0) is 38.1 Å². The smallest absolute Gasteiger partial charge is 0.331 e. The van der Waals surface area contributed by atoms with Gasteiger partial charge in [0, 0.05) is 25.5 Å². The highest BCUT2D eigenvalue weighted by Gasteiger charge is 2.33. The summed E-state index contributed by atoms with van der Waals surface area (Å²) in [6.07, 6.45) is 3.32. The van der Waals surface area contributed by atoms with E-state index >= 15 is 0 Å². The third-order valence-corrected chi connectivity index (χ3v) is 6.22. The van der Waals surface area contributed by atoms with Crippen LogP contribution < -0.4 is 20.3 Å². The number of ether oxygens (including phenoxy) is 1. The number of carbonyl (C=O) groups is 2. The van der Waals surface area contributed by atoms with Crippen molar-refractivity contribution in [2.45, 2.75) is 13.8 Å². The van der Waals surface area contributed by atoms with Crippen molar-refractivity contribution in [2.75, 3.05) is 17.3 Å². The lowest BCUT2D eigenvalue weighted by Gasteiger charge is -2.29. The standard InChI is InChI=1S/C22H18N6O3S/c1-11-13(6-7-16(26-11)31-15-5-4-9-24-12(15)2)28-14-8-10-25-21-17(14)18(27-22(28)30)19(32-21)20(29)23-3/h4-10H,1-3H3,(H,23,29)(H,27,30). The molecule has 32 heavy (non-hydrogen) atoms. The molecule has 5 heterocycles. The zero-order chi connectivity index (χ0) is 22.4. The van der Waals surface area contributed by atoms with E-state index in [2.05, 4.69) is 25.6 Å². The first kappa shape index (κ1) is 19.9. The van der Waals surface area contributed by atoms with Crippen molar-refractivity contribution in [3.05, 3.63) is 59.0 Å². The molecule has 0 unspecified atom stereocenters. The quantitative estimate of drug-likeness (QED) is 0.476. The molecule has 0 bridgehead atoms. The Morgan fingerprint density at radius 3 is 2.69 bits per heavy atom. The van der Waals surface area contributed by atoms with Gasteiger partial charge in [-0.2, -0.15) is 0 Å². The summed E-state index contributed by atoms with van der Waals surface area (Å²) in [7, 11) is 1.55. The Kier molecular flexibility index (Phi) is 4.71. The second-order valence-corrected chi connectivity index (χ2v) is 8.10. The van der Waals surface area contributed by atoms with Crippen molar-refractivity contribution >= 4 is 50.6 Å². The Labute approximate surface area is 187 Å². The van der Waals surface area contributed by atoms with Gasteiger partial charge in [0.05, 0.1) is 33.8 Å². The molecule has 0 fully saturated rings. The number of rotatable bonds is 4. The van der Waals surface area contributed by atoms with Gasteiger partial charge in [-0.1, -0.05) is 0 Å². The molecule has 0 spiro atoms. The van der Waals surface area contributed by atoms with Gasteiger partial charge in [0.1, 0.15) is 9.71 Å². The van der Waals surface area contributed by atoms with Crippen LogP contribution in [0, 0.1) is 13.8 Å². The number of anilines is 3. The van der Waals surface area contributed by atoms with Gasteiger partial charge in [0.15, 0.2) is 5.75 Å². The summed E-state index contributed by atoms with van der Waals surface area (Å²) in [5.41, 5.74) is 3.08. The molecule has 1 aliphatic heterocycles. The zero-order valence-electron chi connectivity index (χ0n) is 17.5. The minimum atomic E-state index is -0.379. The predicted octanol–water partition coefficient (Wildman–Crippen LogP) is 4.54. The predicted molar refractivity (Wildman–Crippen MR) is 122 cm³/mol. The fraction of sp³-hybridized carbons (Fsp3) is 0.136. The van der Waals surface area contributed by atoms with Gasteiger partial charge in [-0.15, -0.1) is 11.3 Å². The van der Waals surface area contributed by atoms with Crippen LogP contribution in [0.5, 0.6) is 11.6 Å². The number of amides is 3. The summed E-state index contributed by atoms with van der Waals surface area (Å²) >= 11 is 1.24. The van der Waals surface area contributed by atoms with E-state index in [1.807, 2.05) is 19.9 Å². The van der Waals surface area contributed by atoms with E-state index in [9.17, 15) is 9.59 Å². The van der Waals surface area contributed by atoms with Crippen LogP contribution in [0.2, 0.25) is 0 Å².